The SMILES string of the molecule is O=C(O)CCCN1C(=O)C(=Cc2ccc(-c3cccnc3)cc2)SC1=S. The maximum Gasteiger partial charge on any atom is 0.303 e. The van der Waals surface area contributed by atoms with E-state index in [1.54, 1.807) is 12.4 Å². The van der Waals surface area contributed by atoms with Crippen LogP contribution in [0.2, 0.25) is 0 Å². The summed E-state index contributed by atoms with van der Waals surface area (Å²) in [4.78, 5) is 29.2. The van der Waals surface area contributed by atoms with Crippen molar-refractivity contribution in [2.45, 2.75) is 12.8 Å². The first-order valence-corrected chi connectivity index (χ1v) is 9.25. The third-order valence-electron chi connectivity index (χ3n) is 3.85. The molecule has 2 aromatic rings. The molecule has 132 valence electrons. The Morgan fingerprint density at radius 2 is 2.00 bits per heavy atom. The van der Waals surface area contributed by atoms with E-state index in [2.05, 4.69) is 4.98 Å². The average molecular weight is 384 g/mol. The van der Waals surface area contributed by atoms with Crippen molar-refractivity contribution in [1.82, 2.24) is 9.88 Å². The van der Waals surface area contributed by atoms with E-state index in [9.17, 15) is 9.59 Å². The summed E-state index contributed by atoms with van der Waals surface area (Å²) in [5.74, 6) is -1.04. The number of thioether (sulfide) groups is 1. The van der Waals surface area contributed by atoms with Crippen LogP contribution < -0.4 is 0 Å². The number of nitrogens with zero attached hydrogens (tertiary/aromatic N) is 2. The summed E-state index contributed by atoms with van der Waals surface area (Å²) < 4.78 is 0.471. The van der Waals surface area contributed by atoms with Crippen LogP contribution in [0, 0.1) is 0 Å². The van der Waals surface area contributed by atoms with Crippen LogP contribution in [0.5, 0.6) is 0 Å². The van der Waals surface area contributed by atoms with E-state index in [0.29, 0.717) is 22.2 Å². The largest absolute Gasteiger partial charge is 0.481 e. The topological polar surface area (TPSA) is 70.5 Å². The molecule has 0 atom stereocenters. The van der Waals surface area contributed by atoms with Crippen molar-refractivity contribution in [2.75, 3.05) is 6.54 Å². The molecule has 0 bridgehead atoms. The number of rotatable bonds is 6. The van der Waals surface area contributed by atoms with Crippen molar-refractivity contribution in [3.63, 3.8) is 0 Å². The predicted molar refractivity (Wildman–Crippen MR) is 106 cm³/mol. The zero-order chi connectivity index (χ0) is 18.5. The fraction of sp³-hybridized carbons (Fsp3) is 0.158. The van der Waals surface area contributed by atoms with Crippen molar-refractivity contribution in [2.24, 2.45) is 0 Å². The Hall–Kier alpha value is -2.51. The number of thiocarbonyl (C=S) groups is 1. The Labute approximate surface area is 160 Å². The standard InChI is InChI=1S/C19H16N2O3S2/c22-17(23)4-2-10-21-18(24)16(26-19(21)25)11-13-5-7-14(8-6-13)15-3-1-9-20-12-15/h1,3,5-9,11-12H,2,4,10H2,(H,22,23). The van der Waals surface area contributed by atoms with Gasteiger partial charge in [-0.15, -0.1) is 0 Å². The Kier molecular flexibility index (Phi) is 5.80. The average Bonchev–Trinajstić information content (AvgIpc) is 2.90. The predicted octanol–water partition coefficient (Wildman–Crippen LogP) is 3.81. The summed E-state index contributed by atoms with van der Waals surface area (Å²) in [5.41, 5.74) is 2.99. The number of hydrogen-bond donors (Lipinski definition) is 1. The second-order valence-corrected chi connectivity index (χ2v) is 7.37. The maximum atomic E-state index is 12.5. The normalized spacial score (nSPS) is 15.7. The first kappa shape index (κ1) is 18.3. The molecule has 1 amide bonds. The summed E-state index contributed by atoms with van der Waals surface area (Å²) in [6.45, 7) is 0.328. The summed E-state index contributed by atoms with van der Waals surface area (Å²) >= 11 is 6.49. The number of pyridine rings is 1. The van der Waals surface area contributed by atoms with Crippen LogP contribution in [-0.2, 0) is 9.59 Å². The number of benzene rings is 1. The Bertz CT molecular complexity index is 864. The highest BCUT2D eigenvalue weighted by Crippen LogP contribution is 2.33. The van der Waals surface area contributed by atoms with Crippen LogP contribution in [0.1, 0.15) is 18.4 Å². The molecule has 0 unspecified atom stereocenters. The Morgan fingerprint density at radius 3 is 2.65 bits per heavy atom. The van der Waals surface area contributed by atoms with Crippen LogP contribution >= 0.6 is 24.0 Å². The number of hydrogen-bond acceptors (Lipinski definition) is 5. The number of amides is 1. The molecule has 1 aromatic heterocycles. The summed E-state index contributed by atoms with van der Waals surface area (Å²) in [6.07, 6.45) is 5.75. The van der Waals surface area contributed by atoms with E-state index in [0.717, 1.165) is 16.7 Å². The van der Waals surface area contributed by atoms with Crippen LogP contribution in [0.15, 0.2) is 53.7 Å². The molecule has 1 aromatic carbocycles. The quantitative estimate of drug-likeness (QED) is 0.603. The maximum absolute atomic E-state index is 12.5. The number of aliphatic carboxylic acids is 1. The summed E-state index contributed by atoms with van der Waals surface area (Å²) in [7, 11) is 0. The lowest BCUT2D eigenvalue weighted by molar-refractivity contribution is -0.137. The molecule has 3 rings (SSSR count). The van der Waals surface area contributed by atoms with Crippen molar-refractivity contribution >= 4 is 46.3 Å². The van der Waals surface area contributed by atoms with E-state index >= 15 is 0 Å². The minimum atomic E-state index is -0.875. The molecule has 1 N–H and O–H groups in total. The fourth-order valence-electron chi connectivity index (χ4n) is 2.54. The van der Waals surface area contributed by atoms with Crippen molar-refractivity contribution < 1.29 is 14.7 Å². The molecule has 1 aliphatic rings. The molecule has 1 aliphatic heterocycles. The van der Waals surface area contributed by atoms with Gasteiger partial charge in [0.2, 0.25) is 0 Å². The van der Waals surface area contributed by atoms with E-state index < -0.39 is 5.97 Å². The van der Waals surface area contributed by atoms with Gasteiger partial charge in [0.15, 0.2) is 0 Å². The van der Waals surface area contributed by atoms with Gasteiger partial charge in [-0.2, -0.15) is 0 Å². The summed E-state index contributed by atoms with van der Waals surface area (Å²) in [6, 6.07) is 11.7. The highest BCUT2D eigenvalue weighted by Gasteiger charge is 2.31. The van der Waals surface area contributed by atoms with Gasteiger partial charge in [-0.3, -0.25) is 19.5 Å². The second-order valence-electron chi connectivity index (χ2n) is 5.69. The van der Waals surface area contributed by atoms with Crippen molar-refractivity contribution in [1.29, 1.82) is 0 Å². The Balaban J connectivity index is 1.71. The number of carboxylic acids is 1. The van der Waals surface area contributed by atoms with Crippen LogP contribution in [0.25, 0.3) is 17.2 Å². The minimum absolute atomic E-state index is 0.0198. The first-order chi connectivity index (χ1) is 12.5. The molecule has 2 heterocycles. The van der Waals surface area contributed by atoms with E-state index in [-0.39, 0.29) is 12.3 Å². The lowest BCUT2D eigenvalue weighted by Crippen LogP contribution is -2.29. The minimum Gasteiger partial charge on any atom is -0.481 e. The molecule has 1 saturated heterocycles. The highest BCUT2D eigenvalue weighted by molar-refractivity contribution is 8.26. The Morgan fingerprint density at radius 1 is 1.23 bits per heavy atom. The monoisotopic (exact) mass is 384 g/mol. The molecule has 5 nitrogen and oxygen atoms in total. The van der Waals surface area contributed by atoms with Crippen molar-refractivity contribution in [3.8, 4) is 11.1 Å². The van der Waals surface area contributed by atoms with Gasteiger partial charge in [-0.1, -0.05) is 54.3 Å². The number of aromatic nitrogens is 1. The number of carbonyl (C=O) groups excluding carboxylic acids is 1. The first-order valence-electron chi connectivity index (χ1n) is 8.02. The highest BCUT2D eigenvalue weighted by atomic mass is 32.2. The van der Waals surface area contributed by atoms with E-state index in [1.807, 2.05) is 42.5 Å². The van der Waals surface area contributed by atoms with Gasteiger partial charge in [0, 0.05) is 25.4 Å². The zero-order valence-corrected chi connectivity index (χ0v) is 15.4. The third kappa shape index (κ3) is 4.36. The molecular weight excluding hydrogens is 368 g/mol. The lowest BCUT2D eigenvalue weighted by Gasteiger charge is -2.13. The third-order valence-corrected chi connectivity index (χ3v) is 5.23. The van der Waals surface area contributed by atoms with Gasteiger partial charge >= 0.3 is 5.97 Å². The van der Waals surface area contributed by atoms with Crippen LogP contribution in [0.4, 0.5) is 0 Å². The molecular formula is C19H16N2O3S2. The number of carboxylic acid groups (broad SMARTS) is 1. The molecule has 0 aliphatic carbocycles. The van der Waals surface area contributed by atoms with Gasteiger partial charge in [0.1, 0.15) is 4.32 Å². The van der Waals surface area contributed by atoms with Crippen molar-refractivity contribution in [3.05, 3.63) is 59.3 Å². The lowest BCUT2D eigenvalue weighted by atomic mass is 10.1. The van der Waals surface area contributed by atoms with Crippen LogP contribution in [0.3, 0.4) is 0 Å². The van der Waals surface area contributed by atoms with Gasteiger partial charge in [-0.05, 0) is 35.3 Å². The molecule has 0 spiro atoms. The van der Waals surface area contributed by atoms with Gasteiger partial charge in [-0.25, -0.2) is 0 Å². The molecule has 1 fully saturated rings. The van der Waals surface area contributed by atoms with E-state index in [1.165, 1.54) is 16.7 Å². The molecule has 26 heavy (non-hydrogen) atoms. The fourth-order valence-corrected chi connectivity index (χ4v) is 3.85. The zero-order valence-electron chi connectivity index (χ0n) is 13.8. The van der Waals surface area contributed by atoms with Crippen LogP contribution in [-0.4, -0.2) is 37.7 Å². The molecule has 0 radical (unpaired) electrons. The summed E-state index contributed by atoms with van der Waals surface area (Å²) in [5, 5.41) is 8.71. The van der Waals surface area contributed by atoms with E-state index in [4.69, 9.17) is 17.3 Å². The second kappa shape index (κ2) is 8.25. The van der Waals surface area contributed by atoms with Gasteiger partial charge in [0.25, 0.3) is 5.91 Å². The van der Waals surface area contributed by atoms with Gasteiger partial charge < -0.3 is 5.11 Å². The molecule has 7 heteroatoms. The smallest absolute Gasteiger partial charge is 0.303 e. The van der Waals surface area contributed by atoms with Gasteiger partial charge in [0.05, 0.1) is 4.91 Å². The molecule has 0 saturated carbocycles. The number of carbonyl (C=O) groups is 2.